The molecule has 4 nitrogen and oxygen atoms in total. The van der Waals surface area contributed by atoms with Gasteiger partial charge in [0.2, 0.25) is 0 Å². The van der Waals surface area contributed by atoms with Crippen molar-refractivity contribution in [2.24, 2.45) is 0 Å². The second-order valence-corrected chi connectivity index (χ2v) is 2.98. The van der Waals surface area contributed by atoms with E-state index in [9.17, 15) is 4.79 Å². The van der Waals surface area contributed by atoms with Crippen LogP contribution in [0.1, 0.15) is 16.2 Å². The Morgan fingerprint density at radius 1 is 1.50 bits per heavy atom. The van der Waals surface area contributed by atoms with E-state index in [0.717, 1.165) is 11.2 Å². The SMILES string of the molecule is COC(=O)c1ccc2c(C)nccn12. The molecule has 0 aliphatic carbocycles. The molecule has 2 aromatic heterocycles. The molecule has 0 aromatic carbocycles. The summed E-state index contributed by atoms with van der Waals surface area (Å²) in [7, 11) is 1.37. The first-order chi connectivity index (χ1) is 6.74. The lowest BCUT2D eigenvalue weighted by Crippen LogP contribution is -2.05. The highest BCUT2D eigenvalue weighted by Crippen LogP contribution is 2.12. The molecule has 0 saturated carbocycles. The first-order valence-corrected chi connectivity index (χ1v) is 4.25. The van der Waals surface area contributed by atoms with E-state index >= 15 is 0 Å². The van der Waals surface area contributed by atoms with Gasteiger partial charge in [0.15, 0.2) is 0 Å². The molecule has 0 aliphatic heterocycles. The maximum absolute atomic E-state index is 11.3. The summed E-state index contributed by atoms with van der Waals surface area (Å²) in [5, 5.41) is 0. The predicted molar refractivity (Wildman–Crippen MR) is 51.3 cm³/mol. The molecule has 2 heterocycles. The lowest BCUT2D eigenvalue weighted by atomic mass is 10.4. The highest BCUT2D eigenvalue weighted by atomic mass is 16.5. The van der Waals surface area contributed by atoms with Crippen molar-refractivity contribution in [1.82, 2.24) is 9.38 Å². The third-order valence-electron chi connectivity index (χ3n) is 2.17. The van der Waals surface area contributed by atoms with Crippen LogP contribution in [-0.2, 0) is 4.74 Å². The van der Waals surface area contributed by atoms with Gasteiger partial charge in [-0.05, 0) is 19.1 Å². The monoisotopic (exact) mass is 190 g/mol. The van der Waals surface area contributed by atoms with Gasteiger partial charge >= 0.3 is 5.97 Å². The van der Waals surface area contributed by atoms with Gasteiger partial charge in [-0.3, -0.25) is 4.98 Å². The van der Waals surface area contributed by atoms with Crippen LogP contribution in [0.15, 0.2) is 24.5 Å². The Hall–Kier alpha value is -1.84. The van der Waals surface area contributed by atoms with Crippen molar-refractivity contribution in [3.05, 3.63) is 35.9 Å². The van der Waals surface area contributed by atoms with Crippen LogP contribution in [0.3, 0.4) is 0 Å². The zero-order valence-corrected chi connectivity index (χ0v) is 8.02. The zero-order valence-electron chi connectivity index (χ0n) is 8.02. The van der Waals surface area contributed by atoms with Gasteiger partial charge in [0.05, 0.1) is 18.3 Å². The smallest absolute Gasteiger partial charge is 0.355 e. The summed E-state index contributed by atoms with van der Waals surface area (Å²) in [6, 6.07) is 3.59. The summed E-state index contributed by atoms with van der Waals surface area (Å²) < 4.78 is 6.43. The van der Waals surface area contributed by atoms with Gasteiger partial charge in [-0.1, -0.05) is 0 Å². The molecule has 14 heavy (non-hydrogen) atoms. The maximum Gasteiger partial charge on any atom is 0.355 e. The number of hydrogen-bond acceptors (Lipinski definition) is 3. The van der Waals surface area contributed by atoms with Gasteiger partial charge in [-0.25, -0.2) is 4.79 Å². The number of methoxy groups -OCH3 is 1. The maximum atomic E-state index is 11.3. The average molecular weight is 190 g/mol. The summed E-state index contributed by atoms with van der Waals surface area (Å²) in [4.78, 5) is 15.5. The molecule has 0 radical (unpaired) electrons. The highest BCUT2D eigenvalue weighted by molar-refractivity contribution is 5.89. The first kappa shape index (κ1) is 8.74. The molecule has 0 amide bonds. The Morgan fingerprint density at radius 2 is 2.29 bits per heavy atom. The molecular weight excluding hydrogens is 180 g/mol. The molecule has 0 atom stereocenters. The van der Waals surface area contributed by atoms with Crippen LogP contribution in [0, 0.1) is 6.92 Å². The van der Waals surface area contributed by atoms with Crippen LogP contribution in [0.5, 0.6) is 0 Å². The van der Waals surface area contributed by atoms with E-state index in [1.807, 2.05) is 13.0 Å². The minimum absolute atomic E-state index is 0.337. The molecule has 0 saturated heterocycles. The van der Waals surface area contributed by atoms with E-state index < -0.39 is 0 Å². The lowest BCUT2D eigenvalue weighted by Gasteiger charge is -2.01. The van der Waals surface area contributed by atoms with Crippen molar-refractivity contribution < 1.29 is 9.53 Å². The lowest BCUT2D eigenvalue weighted by molar-refractivity contribution is 0.0593. The third-order valence-corrected chi connectivity index (χ3v) is 2.17. The van der Waals surface area contributed by atoms with Crippen molar-refractivity contribution >= 4 is 11.5 Å². The number of esters is 1. The summed E-state index contributed by atoms with van der Waals surface area (Å²) >= 11 is 0. The Bertz CT molecular complexity index is 488. The molecule has 0 fully saturated rings. The number of aromatic nitrogens is 2. The van der Waals surface area contributed by atoms with Gasteiger partial charge in [0.1, 0.15) is 5.69 Å². The van der Waals surface area contributed by atoms with Gasteiger partial charge < -0.3 is 9.14 Å². The van der Waals surface area contributed by atoms with E-state index in [-0.39, 0.29) is 5.97 Å². The molecular formula is C10H10N2O2. The summed E-state index contributed by atoms with van der Waals surface area (Å²) in [6.07, 6.45) is 3.41. The van der Waals surface area contributed by atoms with Crippen LogP contribution in [0.2, 0.25) is 0 Å². The number of aryl methyl sites for hydroxylation is 1. The molecule has 0 unspecified atom stereocenters. The molecule has 0 aliphatic rings. The van der Waals surface area contributed by atoms with Crippen LogP contribution >= 0.6 is 0 Å². The molecule has 0 bridgehead atoms. The first-order valence-electron chi connectivity index (χ1n) is 4.25. The van der Waals surface area contributed by atoms with Crippen molar-refractivity contribution in [1.29, 1.82) is 0 Å². The van der Waals surface area contributed by atoms with E-state index in [4.69, 9.17) is 0 Å². The van der Waals surface area contributed by atoms with Crippen LogP contribution in [-0.4, -0.2) is 22.5 Å². The fourth-order valence-electron chi connectivity index (χ4n) is 1.45. The summed E-state index contributed by atoms with van der Waals surface area (Å²) in [6.45, 7) is 1.90. The van der Waals surface area contributed by atoms with Crippen LogP contribution < -0.4 is 0 Å². The fourth-order valence-corrected chi connectivity index (χ4v) is 1.45. The number of carbonyl (C=O) groups is 1. The van der Waals surface area contributed by atoms with Crippen molar-refractivity contribution in [2.45, 2.75) is 6.92 Å². The number of rotatable bonds is 1. The average Bonchev–Trinajstić information content (AvgIpc) is 2.62. The van der Waals surface area contributed by atoms with Gasteiger partial charge in [-0.2, -0.15) is 0 Å². The Morgan fingerprint density at radius 3 is 3.00 bits per heavy atom. The number of fused-ring (bicyclic) bond motifs is 1. The number of ether oxygens (including phenoxy) is 1. The van der Waals surface area contributed by atoms with E-state index in [0.29, 0.717) is 5.69 Å². The highest BCUT2D eigenvalue weighted by Gasteiger charge is 2.11. The predicted octanol–water partition coefficient (Wildman–Crippen LogP) is 1.43. The topological polar surface area (TPSA) is 43.6 Å². The minimum Gasteiger partial charge on any atom is -0.464 e. The Labute approximate surface area is 81.1 Å². The number of carbonyl (C=O) groups excluding carboxylic acids is 1. The fraction of sp³-hybridized carbons (Fsp3) is 0.200. The normalized spacial score (nSPS) is 10.4. The molecule has 2 rings (SSSR count). The summed E-state index contributed by atoms with van der Waals surface area (Å²) in [5.74, 6) is -0.337. The quantitative estimate of drug-likeness (QED) is 0.639. The van der Waals surface area contributed by atoms with Crippen molar-refractivity contribution in [2.75, 3.05) is 7.11 Å². The van der Waals surface area contributed by atoms with Crippen molar-refractivity contribution in [3.8, 4) is 0 Å². The number of hydrogen-bond donors (Lipinski definition) is 0. The van der Waals surface area contributed by atoms with E-state index in [2.05, 4.69) is 9.72 Å². The third kappa shape index (κ3) is 1.16. The molecule has 2 aromatic rings. The van der Waals surface area contributed by atoms with Gasteiger partial charge in [0, 0.05) is 12.4 Å². The number of nitrogens with zero attached hydrogens (tertiary/aromatic N) is 2. The van der Waals surface area contributed by atoms with Crippen LogP contribution in [0.25, 0.3) is 5.52 Å². The standard InChI is InChI=1S/C10H10N2O2/c1-7-8-3-4-9(10(13)14-2)12(8)6-5-11-7/h3-6H,1-2H3. The van der Waals surface area contributed by atoms with E-state index in [1.54, 1.807) is 22.9 Å². The minimum atomic E-state index is -0.337. The van der Waals surface area contributed by atoms with Gasteiger partial charge in [-0.15, -0.1) is 0 Å². The summed E-state index contributed by atoms with van der Waals surface area (Å²) in [5.41, 5.74) is 2.34. The Kier molecular flexibility index (Phi) is 1.96. The van der Waals surface area contributed by atoms with Crippen molar-refractivity contribution in [3.63, 3.8) is 0 Å². The van der Waals surface area contributed by atoms with E-state index in [1.165, 1.54) is 7.11 Å². The van der Waals surface area contributed by atoms with Crippen LogP contribution in [0.4, 0.5) is 0 Å². The second-order valence-electron chi connectivity index (χ2n) is 2.98. The molecule has 0 spiro atoms. The van der Waals surface area contributed by atoms with Gasteiger partial charge in [0.25, 0.3) is 0 Å². The zero-order chi connectivity index (χ0) is 10.1. The molecule has 0 N–H and O–H groups in total. The largest absolute Gasteiger partial charge is 0.464 e. The molecule has 4 heteroatoms. The Balaban J connectivity index is 2.70. The molecule has 72 valence electrons. The second kappa shape index (κ2) is 3.14.